The van der Waals surface area contributed by atoms with E-state index in [1.54, 1.807) is 0 Å². The average Bonchev–Trinajstić information content (AvgIpc) is 2.62. The number of ether oxygens (including phenoxy) is 2. The van der Waals surface area contributed by atoms with Crippen molar-refractivity contribution in [2.24, 2.45) is 0 Å². The molecule has 1 aliphatic heterocycles. The van der Waals surface area contributed by atoms with Gasteiger partial charge in [0.2, 0.25) is 5.91 Å². The molecule has 0 aliphatic carbocycles. The Morgan fingerprint density at radius 3 is 2.59 bits per heavy atom. The lowest BCUT2D eigenvalue weighted by Crippen LogP contribution is -2.73. The van der Waals surface area contributed by atoms with Crippen molar-refractivity contribution in [3.05, 3.63) is 23.8 Å². The highest BCUT2D eigenvalue weighted by Gasteiger charge is 2.56. The van der Waals surface area contributed by atoms with Crippen LogP contribution in [0, 0.1) is 0 Å². The van der Waals surface area contributed by atoms with Gasteiger partial charge in [-0.1, -0.05) is 6.07 Å². The number of phenolic OH excluding ortho intramolecular Hbond substituents is 1. The van der Waals surface area contributed by atoms with Crippen LogP contribution in [0.1, 0.15) is 25.0 Å². The van der Waals surface area contributed by atoms with Gasteiger partial charge >= 0.3 is 0 Å². The van der Waals surface area contributed by atoms with Gasteiger partial charge in [-0.25, -0.2) is 0 Å². The zero-order valence-corrected chi connectivity index (χ0v) is 14.9. The van der Waals surface area contributed by atoms with Crippen molar-refractivity contribution in [2.75, 3.05) is 13.7 Å². The van der Waals surface area contributed by atoms with E-state index in [1.807, 2.05) is 0 Å². The minimum absolute atomic E-state index is 0.0986. The third kappa shape index (κ3) is 4.15. The first-order valence-corrected chi connectivity index (χ1v) is 8.30. The molecule has 0 spiro atoms. The molecule has 0 aromatic heterocycles. The topological polar surface area (TPSA) is 169 Å². The Morgan fingerprint density at radius 1 is 1.37 bits per heavy atom. The van der Waals surface area contributed by atoms with Crippen LogP contribution in [-0.2, 0) is 9.53 Å². The van der Waals surface area contributed by atoms with Crippen LogP contribution in [0.3, 0.4) is 0 Å². The summed E-state index contributed by atoms with van der Waals surface area (Å²) in [4.78, 5) is 11.7. The molecule has 1 heterocycles. The van der Waals surface area contributed by atoms with E-state index in [-0.39, 0.29) is 17.1 Å². The molecule has 1 aliphatic rings. The van der Waals surface area contributed by atoms with E-state index in [0.29, 0.717) is 0 Å². The summed E-state index contributed by atoms with van der Waals surface area (Å²) in [7, 11) is 1.33. The van der Waals surface area contributed by atoms with Crippen molar-refractivity contribution in [1.82, 2.24) is 5.32 Å². The molecule has 1 unspecified atom stereocenters. The molecule has 0 saturated carbocycles. The summed E-state index contributed by atoms with van der Waals surface area (Å²) in [5.74, 6) is -0.685. The lowest BCUT2D eigenvalue weighted by molar-refractivity contribution is -0.288. The average molecular weight is 387 g/mol. The molecule has 0 bridgehead atoms. The standard InChI is InChI=1S/C17H25NO9/c1-8(20)18-17(15(24)14(23)13(7-19)27-16(17)25)6-11(22)9-3-4-10(21)12(5-9)26-2/h3-5,11,13-16,19,21-25H,6-7H2,1-2H3,(H,18,20)/t11?,13-,14-,15+,16-,17-/m1/s1. The second-order valence-corrected chi connectivity index (χ2v) is 6.52. The summed E-state index contributed by atoms with van der Waals surface area (Å²) >= 11 is 0. The number of aromatic hydroxyl groups is 1. The second-order valence-electron chi connectivity index (χ2n) is 6.52. The van der Waals surface area contributed by atoms with Crippen molar-refractivity contribution in [2.45, 2.75) is 49.6 Å². The van der Waals surface area contributed by atoms with Crippen molar-refractivity contribution in [3.63, 3.8) is 0 Å². The number of aliphatic hydroxyl groups excluding tert-OH is 5. The number of amides is 1. The van der Waals surface area contributed by atoms with E-state index in [2.05, 4.69) is 5.32 Å². The Bertz CT molecular complexity index is 670. The fourth-order valence-electron chi connectivity index (χ4n) is 3.25. The maximum atomic E-state index is 11.7. The number of benzene rings is 1. The highest BCUT2D eigenvalue weighted by molar-refractivity contribution is 5.74. The van der Waals surface area contributed by atoms with Crippen LogP contribution in [-0.4, -0.2) is 80.4 Å². The summed E-state index contributed by atoms with van der Waals surface area (Å²) < 4.78 is 10.1. The van der Waals surface area contributed by atoms with Crippen LogP contribution in [0.25, 0.3) is 0 Å². The van der Waals surface area contributed by atoms with Crippen molar-refractivity contribution in [1.29, 1.82) is 0 Å². The van der Waals surface area contributed by atoms with E-state index in [0.717, 1.165) is 6.92 Å². The van der Waals surface area contributed by atoms with Gasteiger partial charge in [-0.3, -0.25) is 4.79 Å². The molecule has 10 heteroatoms. The summed E-state index contributed by atoms with van der Waals surface area (Å²) in [6, 6.07) is 4.06. The maximum Gasteiger partial charge on any atom is 0.217 e. The Labute approximate surface area is 155 Å². The van der Waals surface area contributed by atoms with Crippen molar-refractivity contribution in [3.8, 4) is 11.5 Å². The Balaban J connectivity index is 2.37. The van der Waals surface area contributed by atoms with Gasteiger partial charge in [-0.2, -0.15) is 0 Å². The molecule has 152 valence electrons. The number of phenols is 1. The molecule has 6 atom stereocenters. The third-order valence-electron chi connectivity index (χ3n) is 4.68. The number of carbonyl (C=O) groups excluding carboxylic acids is 1. The second kappa shape index (κ2) is 8.38. The first-order valence-electron chi connectivity index (χ1n) is 8.30. The highest BCUT2D eigenvalue weighted by atomic mass is 16.6. The zero-order chi connectivity index (χ0) is 20.4. The van der Waals surface area contributed by atoms with E-state index in [4.69, 9.17) is 9.47 Å². The summed E-state index contributed by atoms with van der Waals surface area (Å²) in [6.45, 7) is 0.477. The van der Waals surface area contributed by atoms with Crippen LogP contribution >= 0.6 is 0 Å². The number of nitrogens with one attached hydrogen (secondary N) is 1. The Kier molecular flexibility index (Phi) is 6.63. The SMILES string of the molecule is COc1cc(C(O)C[C@]2(NC(C)=O)[C@H](O)O[C@H](CO)[C@@H](O)[C@@H]2O)ccc1O. The lowest BCUT2D eigenvalue weighted by Gasteiger charge is -2.50. The monoisotopic (exact) mass is 387 g/mol. The van der Waals surface area contributed by atoms with Crippen LogP contribution in [0.5, 0.6) is 11.5 Å². The molecule has 2 rings (SSSR count). The first-order chi connectivity index (χ1) is 12.7. The molecule has 1 amide bonds. The summed E-state index contributed by atoms with van der Waals surface area (Å²) in [6.07, 6.45) is -8.20. The number of hydrogen-bond donors (Lipinski definition) is 7. The minimum atomic E-state index is -1.94. The molecule has 27 heavy (non-hydrogen) atoms. The predicted octanol–water partition coefficient (Wildman–Crippen LogP) is -1.87. The highest BCUT2D eigenvalue weighted by Crippen LogP contribution is 2.38. The number of rotatable bonds is 6. The van der Waals surface area contributed by atoms with E-state index < -0.39 is 55.2 Å². The van der Waals surface area contributed by atoms with Gasteiger partial charge in [-0.05, 0) is 17.7 Å². The van der Waals surface area contributed by atoms with Gasteiger partial charge in [-0.15, -0.1) is 0 Å². The van der Waals surface area contributed by atoms with Gasteiger partial charge in [0, 0.05) is 13.3 Å². The Morgan fingerprint density at radius 2 is 2.04 bits per heavy atom. The van der Waals surface area contributed by atoms with Crippen molar-refractivity contribution >= 4 is 5.91 Å². The van der Waals surface area contributed by atoms with Crippen LogP contribution in [0.15, 0.2) is 18.2 Å². The van der Waals surface area contributed by atoms with Crippen molar-refractivity contribution < 1.29 is 44.9 Å². The van der Waals surface area contributed by atoms with Gasteiger partial charge in [0.1, 0.15) is 23.9 Å². The summed E-state index contributed by atoms with van der Waals surface area (Å²) in [5.41, 5.74) is -1.67. The summed E-state index contributed by atoms with van der Waals surface area (Å²) in [5, 5.41) is 63.0. The molecule has 1 aromatic carbocycles. The van der Waals surface area contributed by atoms with Gasteiger partial charge in [0.05, 0.1) is 19.8 Å². The zero-order valence-electron chi connectivity index (χ0n) is 14.9. The normalized spacial score (nSPS) is 32.0. The Hall–Kier alpha value is -1.95. The molecular formula is C17H25NO9. The third-order valence-corrected chi connectivity index (χ3v) is 4.68. The fourth-order valence-corrected chi connectivity index (χ4v) is 3.25. The van der Waals surface area contributed by atoms with Crippen LogP contribution in [0.4, 0.5) is 0 Å². The number of aliphatic hydroxyl groups is 5. The lowest BCUT2D eigenvalue weighted by atomic mass is 9.78. The van der Waals surface area contributed by atoms with Gasteiger partial charge in [0.15, 0.2) is 17.8 Å². The van der Waals surface area contributed by atoms with E-state index in [9.17, 15) is 35.4 Å². The molecular weight excluding hydrogens is 362 g/mol. The van der Waals surface area contributed by atoms with Crippen LogP contribution < -0.4 is 10.1 Å². The maximum absolute atomic E-state index is 11.7. The van der Waals surface area contributed by atoms with Gasteiger partial charge < -0.3 is 45.4 Å². The number of hydrogen-bond acceptors (Lipinski definition) is 9. The van der Waals surface area contributed by atoms with E-state index >= 15 is 0 Å². The fraction of sp³-hybridized carbons (Fsp3) is 0.588. The molecule has 7 N–H and O–H groups in total. The number of carbonyl (C=O) groups is 1. The predicted molar refractivity (Wildman–Crippen MR) is 90.8 cm³/mol. The van der Waals surface area contributed by atoms with Crippen LogP contribution in [0.2, 0.25) is 0 Å². The first kappa shape index (κ1) is 21.4. The quantitative estimate of drug-likeness (QED) is 0.296. The van der Waals surface area contributed by atoms with Gasteiger partial charge in [0.25, 0.3) is 0 Å². The minimum Gasteiger partial charge on any atom is -0.504 e. The molecule has 1 aromatic rings. The molecule has 0 radical (unpaired) electrons. The molecule has 10 nitrogen and oxygen atoms in total. The molecule has 1 saturated heterocycles. The smallest absolute Gasteiger partial charge is 0.217 e. The number of methoxy groups -OCH3 is 1. The molecule has 1 fully saturated rings. The largest absolute Gasteiger partial charge is 0.504 e. The van der Waals surface area contributed by atoms with E-state index in [1.165, 1.54) is 25.3 Å².